The van der Waals surface area contributed by atoms with E-state index in [9.17, 15) is 31.4 Å². The zero-order valence-electron chi connectivity index (χ0n) is 26.6. The molecule has 1 spiro atoms. The molecule has 6 rings (SSSR count). The number of sulfonamides is 1. The van der Waals surface area contributed by atoms with Gasteiger partial charge in [0.1, 0.15) is 24.3 Å². The van der Waals surface area contributed by atoms with Crippen LogP contribution in [-0.4, -0.2) is 93.3 Å². The average Bonchev–Trinajstić information content (AvgIpc) is 3.82. The number of hydrogen-bond acceptors (Lipinski definition) is 10. The molecule has 2 saturated heterocycles. The fraction of sp³-hybridized carbons (Fsp3) is 0.471. The molecule has 1 aliphatic carbocycles. The highest BCUT2D eigenvalue weighted by molar-refractivity contribution is 7.93. The van der Waals surface area contributed by atoms with Crippen molar-refractivity contribution >= 4 is 19.9 Å². The maximum Gasteiger partial charge on any atom is 0.243 e. The summed E-state index contributed by atoms with van der Waals surface area (Å²) >= 11 is 0. The van der Waals surface area contributed by atoms with Crippen LogP contribution >= 0.6 is 0 Å². The van der Waals surface area contributed by atoms with E-state index < -0.39 is 48.7 Å². The maximum absolute atomic E-state index is 14.3. The molecule has 5 N–H and O–H groups in total. The molecule has 11 nitrogen and oxygen atoms in total. The van der Waals surface area contributed by atoms with Gasteiger partial charge in [0.05, 0.1) is 33.4 Å². The van der Waals surface area contributed by atoms with Crippen LogP contribution in [0.5, 0.6) is 5.75 Å². The normalized spacial score (nSPS) is 21.3. The third-order valence-corrected chi connectivity index (χ3v) is 14.2. The smallest absolute Gasteiger partial charge is 0.243 e. The predicted molar refractivity (Wildman–Crippen MR) is 177 cm³/mol. The quantitative estimate of drug-likeness (QED) is 0.208. The van der Waals surface area contributed by atoms with Crippen LogP contribution in [0.15, 0.2) is 76.5 Å². The SMILES string of the molecule is NCc1ccc(-c2cccc(S(=O)(=O)N3CCC4(CC3)C[C@H](NCC(O)COc3cccc(S(=O)(=O)C5(CO)CC5)c3)CO4)c2)cc1F. The van der Waals surface area contributed by atoms with Crippen LogP contribution in [0.25, 0.3) is 11.1 Å². The standard InChI is InChI=1S/C34H42FN3O8S2/c35-32-16-25(7-8-26(32)19-36)24-3-1-6-31(15-24)48(43,44)38-13-11-33(12-14-38)18-27(21-46-33)37-20-28(40)22-45-29-4-2-5-30(17-29)47(41,42)34(23-39)9-10-34/h1-8,15-17,27-28,37,39-40H,9-14,18-23,36H2/t27-,28?/m0/s1. The zero-order chi connectivity index (χ0) is 34.2. The van der Waals surface area contributed by atoms with Crippen molar-refractivity contribution in [2.45, 2.75) is 70.9 Å². The number of nitrogens with zero attached hydrogens (tertiary/aromatic N) is 1. The van der Waals surface area contributed by atoms with Crippen LogP contribution in [0.4, 0.5) is 4.39 Å². The summed E-state index contributed by atoms with van der Waals surface area (Å²) in [4.78, 5) is 0.234. The Bertz CT molecular complexity index is 1840. The van der Waals surface area contributed by atoms with Gasteiger partial charge in [0.25, 0.3) is 0 Å². The Morgan fingerprint density at radius 2 is 1.69 bits per heavy atom. The van der Waals surface area contributed by atoms with E-state index in [1.165, 1.54) is 22.5 Å². The predicted octanol–water partition coefficient (Wildman–Crippen LogP) is 2.59. The lowest BCUT2D eigenvalue weighted by atomic mass is 9.88. The number of benzene rings is 3. The minimum absolute atomic E-state index is 0.0350. The number of nitrogens with one attached hydrogen (secondary N) is 1. The van der Waals surface area contributed by atoms with E-state index in [0.29, 0.717) is 74.2 Å². The lowest BCUT2D eigenvalue weighted by Crippen LogP contribution is -2.47. The molecule has 1 saturated carbocycles. The van der Waals surface area contributed by atoms with Crippen molar-refractivity contribution in [1.82, 2.24) is 9.62 Å². The highest BCUT2D eigenvalue weighted by atomic mass is 32.2. The molecular weight excluding hydrogens is 662 g/mol. The fourth-order valence-electron chi connectivity index (χ4n) is 6.52. The highest BCUT2D eigenvalue weighted by Gasteiger charge is 2.54. The van der Waals surface area contributed by atoms with Crippen LogP contribution in [0.1, 0.15) is 37.7 Å². The Hall–Kier alpha value is -2.95. The summed E-state index contributed by atoms with van der Waals surface area (Å²) in [5.41, 5.74) is 6.66. The van der Waals surface area contributed by atoms with Gasteiger partial charge in [-0.3, -0.25) is 0 Å². The first-order valence-corrected chi connectivity index (χ1v) is 19.1. The number of aliphatic hydroxyl groups excluding tert-OH is 2. The number of rotatable bonds is 13. The maximum atomic E-state index is 14.3. The number of halogens is 1. The number of nitrogens with two attached hydrogens (primary N) is 1. The Morgan fingerprint density at radius 3 is 2.38 bits per heavy atom. The Kier molecular flexibility index (Phi) is 10.00. The third-order valence-electron chi connectivity index (χ3n) is 9.79. The Labute approximate surface area is 280 Å². The van der Waals surface area contributed by atoms with Crippen LogP contribution < -0.4 is 15.8 Å². The molecule has 0 amide bonds. The molecule has 2 heterocycles. The molecule has 2 aliphatic heterocycles. The molecule has 260 valence electrons. The van der Waals surface area contributed by atoms with E-state index in [4.69, 9.17) is 15.2 Å². The van der Waals surface area contributed by atoms with Crippen molar-refractivity contribution in [2.24, 2.45) is 5.73 Å². The van der Waals surface area contributed by atoms with Gasteiger partial charge in [-0.05, 0) is 79.6 Å². The molecule has 0 aromatic heterocycles. The van der Waals surface area contributed by atoms with Crippen LogP contribution in [-0.2, 0) is 31.1 Å². The molecule has 3 aromatic carbocycles. The minimum atomic E-state index is -3.79. The third kappa shape index (κ3) is 7.03. The van der Waals surface area contributed by atoms with Gasteiger partial charge < -0.3 is 30.7 Å². The van der Waals surface area contributed by atoms with E-state index in [2.05, 4.69) is 5.32 Å². The summed E-state index contributed by atoms with van der Waals surface area (Å²) in [5.74, 6) is -0.116. The molecule has 3 fully saturated rings. The largest absolute Gasteiger partial charge is 0.491 e. The molecule has 0 radical (unpaired) electrons. The molecule has 48 heavy (non-hydrogen) atoms. The van der Waals surface area contributed by atoms with Crippen molar-refractivity contribution in [3.8, 4) is 16.9 Å². The number of ether oxygens (including phenoxy) is 2. The summed E-state index contributed by atoms with van der Waals surface area (Å²) < 4.78 is 79.6. The molecule has 14 heteroatoms. The van der Waals surface area contributed by atoms with Crippen molar-refractivity contribution in [2.75, 3.05) is 39.5 Å². The van der Waals surface area contributed by atoms with Gasteiger partial charge in [0, 0.05) is 37.8 Å². The second-order valence-corrected chi connectivity index (χ2v) is 17.3. The molecule has 2 atom stereocenters. The number of aliphatic hydroxyl groups is 2. The summed E-state index contributed by atoms with van der Waals surface area (Å²) in [6, 6.07) is 17.3. The number of hydrogen-bond donors (Lipinski definition) is 4. The molecular formula is C34H42FN3O8S2. The summed E-state index contributed by atoms with van der Waals surface area (Å²) in [5, 5.41) is 23.5. The van der Waals surface area contributed by atoms with E-state index in [0.717, 1.165) is 0 Å². The zero-order valence-corrected chi connectivity index (χ0v) is 28.2. The molecule has 0 bridgehead atoms. The van der Waals surface area contributed by atoms with Gasteiger partial charge in [-0.2, -0.15) is 4.31 Å². The van der Waals surface area contributed by atoms with Crippen molar-refractivity contribution in [1.29, 1.82) is 0 Å². The van der Waals surface area contributed by atoms with E-state index in [1.807, 2.05) is 0 Å². The number of piperidine rings is 1. The molecule has 3 aromatic rings. The highest BCUT2D eigenvalue weighted by Crippen LogP contribution is 2.46. The van der Waals surface area contributed by atoms with Gasteiger partial charge in [0.2, 0.25) is 10.0 Å². The number of sulfone groups is 1. The van der Waals surface area contributed by atoms with Crippen LogP contribution in [0.3, 0.4) is 0 Å². The van der Waals surface area contributed by atoms with Crippen molar-refractivity contribution in [3.63, 3.8) is 0 Å². The first-order chi connectivity index (χ1) is 22.9. The van der Waals surface area contributed by atoms with Crippen molar-refractivity contribution in [3.05, 3.63) is 78.1 Å². The van der Waals surface area contributed by atoms with Crippen LogP contribution in [0, 0.1) is 5.82 Å². The molecule has 1 unspecified atom stereocenters. The van der Waals surface area contributed by atoms with Gasteiger partial charge in [-0.1, -0.05) is 30.3 Å². The topological polar surface area (TPSA) is 168 Å². The average molecular weight is 704 g/mol. The Morgan fingerprint density at radius 1 is 0.979 bits per heavy atom. The lowest BCUT2D eigenvalue weighted by Gasteiger charge is -2.38. The molecule has 3 aliphatic rings. The van der Waals surface area contributed by atoms with Gasteiger partial charge in [-0.25, -0.2) is 21.2 Å². The van der Waals surface area contributed by atoms with E-state index >= 15 is 0 Å². The first kappa shape index (κ1) is 34.9. The van der Waals surface area contributed by atoms with E-state index in [-0.39, 0.29) is 35.5 Å². The second kappa shape index (κ2) is 13.8. The summed E-state index contributed by atoms with van der Waals surface area (Å²) in [6.07, 6.45) is 1.70. The van der Waals surface area contributed by atoms with Gasteiger partial charge >= 0.3 is 0 Å². The second-order valence-electron chi connectivity index (χ2n) is 13.0. The first-order valence-electron chi connectivity index (χ1n) is 16.1. The lowest BCUT2D eigenvalue weighted by molar-refractivity contribution is -0.0312. The summed E-state index contributed by atoms with van der Waals surface area (Å²) in [6.45, 7) is 0.851. The minimum Gasteiger partial charge on any atom is -0.491 e. The van der Waals surface area contributed by atoms with Crippen molar-refractivity contribution < 1.29 is 40.9 Å². The Balaban J connectivity index is 0.982. The van der Waals surface area contributed by atoms with Gasteiger partial charge in [-0.15, -0.1) is 0 Å². The van der Waals surface area contributed by atoms with Gasteiger partial charge in [0.15, 0.2) is 9.84 Å². The summed E-state index contributed by atoms with van der Waals surface area (Å²) in [7, 11) is -7.47. The van der Waals surface area contributed by atoms with Crippen LogP contribution in [0.2, 0.25) is 0 Å². The fourth-order valence-corrected chi connectivity index (χ4v) is 9.85. The van der Waals surface area contributed by atoms with E-state index in [1.54, 1.807) is 48.5 Å². The monoisotopic (exact) mass is 703 g/mol.